The van der Waals surface area contributed by atoms with Crippen molar-refractivity contribution >= 4 is 34.6 Å². The molecule has 0 fully saturated rings. The summed E-state index contributed by atoms with van der Waals surface area (Å²) in [5.41, 5.74) is 5.13. The van der Waals surface area contributed by atoms with E-state index in [-0.39, 0.29) is 28.3 Å². The number of anilines is 2. The minimum Gasteiger partial charge on any atom is -0.449 e. The molecule has 0 bridgehead atoms. The van der Waals surface area contributed by atoms with Gasteiger partial charge in [-0.2, -0.15) is 0 Å². The van der Waals surface area contributed by atoms with Crippen molar-refractivity contribution in [2.45, 2.75) is 13.0 Å². The average Bonchev–Trinajstić information content (AvgIpc) is 2.62. The quantitative estimate of drug-likeness (QED) is 0.336. The Balaban J connectivity index is 2.05. The highest BCUT2D eigenvalue weighted by atomic mass is 16.6. The lowest BCUT2D eigenvalue weighted by Gasteiger charge is -2.14. The molecule has 0 saturated carbocycles. The molecule has 0 saturated heterocycles. The van der Waals surface area contributed by atoms with Crippen molar-refractivity contribution in [1.82, 2.24) is 0 Å². The van der Waals surface area contributed by atoms with Crippen molar-refractivity contribution in [3.8, 4) is 0 Å². The number of nitrogen functional groups attached to an aromatic ring is 1. The van der Waals surface area contributed by atoms with Gasteiger partial charge in [0.2, 0.25) is 0 Å². The minimum atomic E-state index is -1.24. The summed E-state index contributed by atoms with van der Waals surface area (Å²) in [5, 5.41) is 23.8. The highest BCUT2D eigenvalue weighted by Gasteiger charge is 2.22. The van der Waals surface area contributed by atoms with Crippen LogP contribution in [0.5, 0.6) is 0 Å². The molecular formula is C16H14N4O7. The summed E-state index contributed by atoms with van der Waals surface area (Å²) in [5.74, 6) is -1.69. The lowest BCUT2D eigenvalue weighted by molar-refractivity contribution is -0.385. The number of nitro groups is 2. The molecule has 2 rings (SSSR count). The van der Waals surface area contributed by atoms with Crippen molar-refractivity contribution in [3.05, 3.63) is 68.3 Å². The van der Waals surface area contributed by atoms with E-state index in [1.165, 1.54) is 37.3 Å². The Hall–Kier alpha value is -4.02. The number of nitrogens with zero attached hydrogens (tertiary/aromatic N) is 2. The smallest absolute Gasteiger partial charge is 0.341 e. The average molecular weight is 374 g/mol. The molecule has 0 aliphatic heterocycles. The molecule has 0 aromatic heterocycles. The van der Waals surface area contributed by atoms with E-state index < -0.39 is 27.8 Å². The Labute approximate surface area is 152 Å². The normalized spacial score (nSPS) is 11.3. The van der Waals surface area contributed by atoms with Gasteiger partial charge < -0.3 is 15.8 Å². The molecule has 140 valence electrons. The zero-order valence-corrected chi connectivity index (χ0v) is 13.9. The number of non-ortho nitro benzene ring substituents is 2. The molecular weight excluding hydrogens is 360 g/mol. The van der Waals surface area contributed by atoms with Gasteiger partial charge in [-0.15, -0.1) is 0 Å². The van der Waals surface area contributed by atoms with Crippen molar-refractivity contribution in [2.24, 2.45) is 0 Å². The highest BCUT2D eigenvalue weighted by molar-refractivity contribution is 5.99. The molecule has 0 aliphatic carbocycles. The molecule has 3 N–H and O–H groups in total. The summed E-state index contributed by atoms with van der Waals surface area (Å²) in [6.45, 7) is 1.30. The van der Waals surface area contributed by atoms with Crippen LogP contribution >= 0.6 is 0 Å². The van der Waals surface area contributed by atoms with Crippen LogP contribution in [0.4, 0.5) is 22.7 Å². The van der Waals surface area contributed by atoms with Crippen LogP contribution in [0.15, 0.2) is 42.5 Å². The molecule has 2 aromatic carbocycles. The van der Waals surface area contributed by atoms with Gasteiger partial charge in [-0.3, -0.25) is 25.0 Å². The van der Waals surface area contributed by atoms with Crippen LogP contribution in [-0.2, 0) is 9.53 Å². The zero-order chi connectivity index (χ0) is 20.1. The summed E-state index contributed by atoms with van der Waals surface area (Å²) < 4.78 is 4.99. The Morgan fingerprint density at radius 1 is 1.04 bits per heavy atom. The third-order valence-electron chi connectivity index (χ3n) is 3.47. The fourth-order valence-corrected chi connectivity index (χ4v) is 2.02. The van der Waals surface area contributed by atoms with Crippen molar-refractivity contribution in [1.29, 1.82) is 0 Å². The molecule has 1 atom stereocenters. The van der Waals surface area contributed by atoms with E-state index in [4.69, 9.17) is 10.5 Å². The van der Waals surface area contributed by atoms with E-state index in [0.717, 1.165) is 12.1 Å². The summed E-state index contributed by atoms with van der Waals surface area (Å²) in [4.78, 5) is 44.4. The first-order chi connectivity index (χ1) is 12.7. The second kappa shape index (κ2) is 7.91. The van der Waals surface area contributed by atoms with Gasteiger partial charge in [0.15, 0.2) is 6.10 Å². The third-order valence-corrected chi connectivity index (χ3v) is 3.47. The van der Waals surface area contributed by atoms with E-state index >= 15 is 0 Å². The van der Waals surface area contributed by atoms with Gasteiger partial charge in [0, 0.05) is 35.6 Å². The van der Waals surface area contributed by atoms with Gasteiger partial charge in [0.05, 0.1) is 15.4 Å². The van der Waals surface area contributed by atoms with Crippen LogP contribution in [0.1, 0.15) is 17.3 Å². The van der Waals surface area contributed by atoms with Crippen LogP contribution in [-0.4, -0.2) is 27.8 Å². The molecule has 11 heteroatoms. The van der Waals surface area contributed by atoms with E-state index in [0.29, 0.717) is 0 Å². The number of hydrogen-bond donors (Lipinski definition) is 2. The number of esters is 1. The van der Waals surface area contributed by atoms with Gasteiger partial charge in [0.25, 0.3) is 17.3 Å². The fourth-order valence-electron chi connectivity index (χ4n) is 2.02. The Morgan fingerprint density at radius 3 is 2.15 bits per heavy atom. The zero-order valence-electron chi connectivity index (χ0n) is 13.9. The number of benzene rings is 2. The summed E-state index contributed by atoms with van der Waals surface area (Å²) >= 11 is 0. The van der Waals surface area contributed by atoms with Crippen molar-refractivity contribution < 1.29 is 24.2 Å². The molecule has 0 aliphatic rings. The minimum absolute atomic E-state index is 0.0337. The molecule has 1 unspecified atom stereocenters. The first-order valence-electron chi connectivity index (χ1n) is 7.49. The van der Waals surface area contributed by atoms with Crippen LogP contribution < -0.4 is 11.1 Å². The van der Waals surface area contributed by atoms with Crippen LogP contribution in [0.25, 0.3) is 0 Å². The SMILES string of the molecule is CC(OC(=O)c1cc([N+](=O)[O-])ccc1N)C(=O)Nc1ccc([N+](=O)[O-])cc1. The second-order valence-electron chi connectivity index (χ2n) is 5.37. The number of carbonyl (C=O) groups excluding carboxylic acids is 2. The van der Waals surface area contributed by atoms with Crippen LogP contribution in [0, 0.1) is 20.2 Å². The fraction of sp³-hybridized carbons (Fsp3) is 0.125. The third kappa shape index (κ3) is 4.75. The number of rotatable bonds is 6. The number of nitrogens with one attached hydrogen (secondary N) is 1. The van der Waals surface area contributed by atoms with Gasteiger partial charge >= 0.3 is 5.97 Å². The molecule has 2 aromatic rings. The van der Waals surface area contributed by atoms with E-state index in [2.05, 4.69) is 5.32 Å². The summed E-state index contributed by atoms with van der Waals surface area (Å²) in [6.07, 6.45) is -1.24. The number of carbonyl (C=O) groups is 2. The maximum absolute atomic E-state index is 12.1. The molecule has 0 heterocycles. The molecule has 1 amide bonds. The lowest BCUT2D eigenvalue weighted by Crippen LogP contribution is -2.30. The molecule has 11 nitrogen and oxygen atoms in total. The predicted molar refractivity (Wildman–Crippen MR) is 94.1 cm³/mol. The maximum atomic E-state index is 12.1. The second-order valence-corrected chi connectivity index (χ2v) is 5.37. The van der Waals surface area contributed by atoms with E-state index in [1.54, 1.807) is 0 Å². The van der Waals surface area contributed by atoms with Crippen molar-refractivity contribution in [2.75, 3.05) is 11.1 Å². The molecule has 0 spiro atoms. The molecule has 0 radical (unpaired) electrons. The van der Waals surface area contributed by atoms with Crippen LogP contribution in [0.2, 0.25) is 0 Å². The highest BCUT2D eigenvalue weighted by Crippen LogP contribution is 2.21. The van der Waals surface area contributed by atoms with Crippen molar-refractivity contribution in [3.63, 3.8) is 0 Å². The summed E-state index contributed by atoms with van der Waals surface area (Å²) in [7, 11) is 0. The lowest BCUT2D eigenvalue weighted by atomic mass is 10.1. The largest absolute Gasteiger partial charge is 0.449 e. The van der Waals surface area contributed by atoms with Gasteiger partial charge in [-0.1, -0.05) is 0 Å². The first kappa shape index (κ1) is 19.3. The number of nitro benzene ring substituents is 2. The number of nitrogens with two attached hydrogens (primary N) is 1. The van der Waals surface area contributed by atoms with Gasteiger partial charge in [0.1, 0.15) is 0 Å². The predicted octanol–water partition coefficient (Wildman–Crippen LogP) is 2.27. The van der Waals surface area contributed by atoms with E-state index in [9.17, 15) is 29.8 Å². The Morgan fingerprint density at radius 2 is 1.59 bits per heavy atom. The number of hydrogen-bond acceptors (Lipinski definition) is 8. The summed E-state index contributed by atoms with van der Waals surface area (Å²) in [6, 6.07) is 8.34. The topological polar surface area (TPSA) is 168 Å². The van der Waals surface area contributed by atoms with Gasteiger partial charge in [-0.05, 0) is 25.1 Å². The number of amides is 1. The van der Waals surface area contributed by atoms with Crippen LogP contribution in [0.3, 0.4) is 0 Å². The Kier molecular flexibility index (Phi) is 5.65. The number of ether oxygens (including phenoxy) is 1. The standard InChI is InChI=1S/C16H14N4O7/c1-9(15(21)18-10-2-4-11(5-3-10)19(23)24)27-16(22)13-8-12(20(25)26)6-7-14(13)17/h2-9H,17H2,1H3,(H,18,21). The monoisotopic (exact) mass is 374 g/mol. The van der Waals surface area contributed by atoms with E-state index in [1.807, 2.05) is 0 Å². The maximum Gasteiger partial charge on any atom is 0.341 e. The Bertz CT molecular complexity index is 911. The van der Waals surface area contributed by atoms with Gasteiger partial charge in [-0.25, -0.2) is 4.79 Å². The first-order valence-corrected chi connectivity index (χ1v) is 7.49. The molecule has 27 heavy (non-hydrogen) atoms.